The van der Waals surface area contributed by atoms with Crippen LogP contribution < -0.4 is 4.85 Å². The van der Waals surface area contributed by atoms with E-state index < -0.39 is 10.8 Å². The monoisotopic (exact) mass is 310 g/mol. The van der Waals surface area contributed by atoms with Gasteiger partial charge in [0.05, 0.1) is 10.5 Å². The van der Waals surface area contributed by atoms with Crippen molar-refractivity contribution in [3.8, 4) is 0 Å². The van der Waals surface area contributed by atoms with Crippen molar-refractivity contribution >= 4 is 28.7 Å². The number of carbonyl (C=O) groups is 1. The summed E-state index contributed by atoms with van der Waals surface area (Å²) in [5.41, 5.74) is 0.803. The fourth-order valence-electron chi connectivity index (χ4n) is 2.17. The number of allylic oxidation sites excluding steroid dienone is 1. The standard InChI is InChI=1S/C15H10N4O4/c20-15(10-9-11-5-1-2-6-12(11)19(22)23)17-13-7-3-4-8-14(13)18(21)16-17/h1-10H/b10-9+. The van der Waals surface area contributed by atoms with E-state index in [1.54, 1.807) is 36.4 Å². The second kappa shape index (κ2) is 5.68. The average molecular weight is 310 g/mol. The van der Waals surface area contributed by atoms with E-state index in [0.717, 1.165) is 10.8 Å². The molecule has 8 nitrogen and oxygen atoms in total. The highest BCUT2D eigenvalue weighted by molar-refractivity contribution is 5.98. The van der Waals surface area contributed by atoms with Gasteiger partial charge in [0.1, 0.15) is 5.21 Å². The summed E-state index contributed by atoms with van der Waals surface area (Å²) in [6.07, 6.45) is 2.47. The number of hydrogen-bond donors (Lipinski definition) is 0. The minimum Gasteiger partial charge on any atom is -0.691 e. The van der Waals surface area contributed by atoms with Gasteiger partial charge in [-0.05, 0) is 24.3 Å². The molecule has 0 aliphatic carbocycles. The molecule has 0 N–H and O–H groups in total. The number of nitro groups is 1. The molecule has 0 fully saturated rings. The van der Waals surface area contributed by atoms with E-state index in [1.807, 2.05) is 0 Å². The van der Waals surface area contributed by atoms with Crippen LogP contribution in [0.3, 0.4) is 0 Å². The Bertz CT molecular complexity index is 946. The van der Waals surface area contributed by atoms with Crippen LogP contribution in [-0.4, -0.2) is 20.7 Å². The minimum absolute atomic E-state index is 0.110. The smallest absolute Gasteiger partial charge is 0.359 e. The SMILES string of the molecule is O=C(/C=C/c1ccccc1[N+](=O)[O-])n1n[n+]([O-])c2ccccc21. The Morgan fingerprint density at radius 3 is 2.65 bits per heavy atom. The molecule has 0 unspecified atom stereocenters. The van der Waals surface area contributed by atoms with E-state index in [-0.39, 0.29) is 16.8 Å². The molecule has 2 aromatic carbocycles. The molecule has 0 spiro atoms. The molecule has 0 saturated heterocycles. The van der Waals surface area contributed by atoms with Gasteiger partial charge >= 0.3 is 5.91 Å². The first kappa shape index (κ1) is 14.4. The zero-order chi connectivity index (χ0) is 16.4. The molecule has 0 atom stereocenters. The molecular weight excluding hydrogens is 300 g/mol. The Labute approximate surface area is 129 Å². The first-order valence-electron chi connectivity index (χ1n) is 6.61. The fourth-order valence-corrected chi connectivity index (χ4v) is 2.17. The van der Waals surface area contributed by atoms with Crippen LogP contribution in [0.4, 0.5) is 5.69 Å². The van der Waals surface area contributed by atoms with Crippen LogP contribution in [0.2, 0.25) is 0 Å². The Balaban J connectivity index is 1.97. The van der Waals surface area contributed by atoms with Crippen molar-refractivity contribution in [3.63, 3.8) is 0 Å². The summed E-state index contributed by atoms with van der Waals surface area (Å²) in [5.74, 6) is -0.575. The maximum Gasteiger partial charge on any atom is 0.359 e. The number of fused-ring (bicyclic) bond motifs is 1. The number of rotatable bonds is 3. The highest BCUT2D eigenvalue weighted by atomic mass is 16.6. The first-order valence-corrected chi connectivity index (χ1v) is 6.61. The highest BCUT2D eigenvalue weighted by Crippen LogP contribution is 2.19. The quantitative estimate of drug-likeness (QED) is 0.242. The molecule has 8 heteroatoms. The Morgan fingerprint density at radius 2 is 1.87 bits per heavy atom. The van der Waals surface area contributed by atoms with Crippen molar-refractivity contribution < 1.29 is 14.6 Å². The van der Waals surface area contributed by atoms with Crippen molar-refractivity contribution in [1.29, 1.82) is 0 Å². The molecule has 0 bridgehead atoms. The van der Waals surface area contributed by atoms with E-state index in [9.17, 15) is 20.1 Å². The van der Waals surface area contributed by atoms with Crippen molar-refractivity contribution in [2.75, 3.05) is 0 Å². The fraction of sp³-hybridized carbons (Fsp3) is 0. The number of carbonyl (C=O) groups excluding carboxylic acids is 1. The van der Waals surface area contributed by atoms with Gasteiger partial charge in [0.15, 0.2) is 0 Å². The molecule has 0 amide bonds. The van der Waals surface area contributed by atoms with Crippen LogP contribution in [-0.2, 0) is 0 Å². The summed E-state index contributed by atoms with van der Waals surface area (Å²) in [6.45, 7) is 0. The maximum atomic E-state index is 12.2. The summed E-state index contributed by atoms with van der Waals surface area (Å²) < 4.78 is 0.952. The predicted octanol–water partition coefficient (Wildman–Crippen LogP) is 1.93. The Hall–Kier alpha value is -3.55. The van der Waals surface area contributed by atoms with E-state index in [2.05, 4.69) is 5.21 Å². The number of aromatic nitrogens is 3. The zero-order valence-electron chi connectivity index (χ0n) is 11.7. The van der Waals surface area contributed by atoms with Gasteiger partial charge in [-0.3, -0.25) is 10.1 Å². The summed E-state index contributed by atoms with van der Waals surface area (Å²) in [5, 5.41) is 26.2. The second-order valence-corrected chi connectivity index (χ2v) is 4.65. The largest absolute Gasteiger partial charge is 0.691 e. The van der Waals surface area contributed by atoms with Crippen molar-refractivity contribution in [1.82, 2.24) is 9.90 Å². The van der Waals surface area contributed by atoms with Crippen molar-refractivity contribution in [2.45, 2.75) is 0 Å². The second-order valence-electron chi connectivity index (χ2n) is 4.65. The van der Waals surface area contributed by atoms with Crippen molar-refractivity contribution in [3.05, 3.63) is 75.5 Å². The lowest BCUT2D eigenvalue weighted by atomic mass is 10.1. The number of benzene rings is 2. The molecule has 0 aliphatic heterocycles. The molecule has 0 saturated carbocycles. The van der Waals surface area contributed by atoms with Gasteiger partial charge in [-0.15, -0.1) is 4.85 Å². The van der Waals surface area contributed by atoms with Gasteiger partial charge in [0.2, 0.25) is 11.0 Å². The predicted molar refractivity (Wildman–Crippen MR) is 81.4 cm³/mol. The van der Waals surface area contributed by atoms with Gasteiger partial charge in [0, 0.05) is 12.1 Å². The number of hydrogen-bond acceptors (Lipinski definition) is 5. The average Bonchev–Trinajstić information content (AvgIpc) is 2.90. The molecule has 23 heavy (non-hydrogen) atoms. The Morgan fingerprint density at radius 1 is 1.17 bits per heavy atom. The van der Waals surface area contributed by atoms with E-state index in [0.29, 0.717) is 10.4 Å². The van der Waals surface area contributed by atoms with Crippen LogP contribution in [0.1, 0.15) is 10.4 Å². The number of nitro benzene ring substituents is 1. The Kier molecular flexibility index (Phi) is 3.55. The zero-order valence-corrected chi connectivity index (χ0v) is 11.7. The topological polar surface area (TPSA) is 105 Å². The molecule has 1 heterocycles. The van der Waals surface area contributed by atoms with Crippen LogP contribution in [0.25, 0.3) is 17.1 Å². The van der Waals surface area contributed by atoms with Crippen LogP contribution >= 0.6 is 0 Å². The molecule has 114 valence electrons. The normalized spacial score (nSPS) is 11.1. The summed E-state index contributed by atoms with van der Waals surface area (Å²) in [6, 6.07) is 12.5. The van der Waals surface area contributed by atoms with E-state index >= 15 is 0 Å². The number of para-hydroxylation sites is 3. The van der Waals surface area contributed by atoms with Gasteiger partial charge in [-0.2, -0.15) is 0 Å². The maximum absolute atomic E-state index is 12.2. The van der Waals surface area contributed by atoms with Gasteiger partial charge in [-0.25, -0.2) is 4.79 Å². The first-order chi connectivity index (χ1) is 11.1. The van der Waals surface area contributed by atoms with Crippen LogP contribution in [0.15, 0.2) is 54.6 Å². The molecule has 0 aliphatic rings. The lowest BCUT2D eigenvalue weighted by Crippen LogP contribution is -2.30. The minimum atomic E-state index is -0.575. The van der Waals surface area contributed by atoms with Gasteiger partial charge in [0.25, 0.3) is 5.69 Å². The third-order valence-corrected chi connectivity index (χ3v) is 3.23. The summed E-state index contributed by atoms with van der Waals surface area (Å²) >= 11 is 0. The van der Waals surface area contributed by atoms with Crippen molar-refractivity contribution in [2.24, 2.45) is 0 Å². The molecule has 3 aromatic rings. The van der Waals surface area contributed by atoms with E-state index in [1.165, 1.54) is 18.2 Å². The van der Waals surface area contributed by atoms with Gasteiger partial charge < -0.3 is 5.21 Å². The van der Waals surface area contributed by atoms with Gasteiger partial charge in [-0.1, -0.05) is 28.9 Å². The lowest BCUT2D eigenvalue weighted by molar-refractivity contribution is -0.645. The molecule has 0 radical (unpaired) electrons. The summed E-state index contributed by atoms with van der Waals surface area (Å²) in [7, 11) is 0. The van der Waals surface area contributed by atoms with Crippen LogP contribution in [0, 0.1) is 15.3 Å². The third kappa shape index (κ3) is 2.64. The lowest BCUT2D eigenvalue weighted by Gasteiger charge is -1.95. The van der Waals surface area contributed by atoms with Crippen LogP contribution in [0.5, 0.6) is 0 Å². The number of nitrogens with zero attached hydrogens (tertiary/aromatic N) is 4. The van der Waals surface area contributed by atoms with E-state index in [4.69, 9.17) is 0 Å². The molecule has 3 rings (SSSR count). The summed E-state index contributed by atoms with van der Waals surface area (Å²) in [4.78, 5) is 23.0. The highest BCUT2D eigenvalue weighted by Gasteiger charge is 2.19. The molecule has 1 aromatic heterocycles. The third-order valence-electron chi connectivity index (χ3n) is 3.23. The molecular formula is C15H10N4O4.